The molecule has 42 heavy (non-hydrogen) atoms. The molecule has 2 aromatic carbocycles. The van der Waals surface area contributed by atoms with Crippen molar-refractivity contribution in [2.75, 3.05) is 25.0 Å². The first kappa shape index (κ1) is 27.7. The van der Waals surface area contributed by atoms with Gasteiger partial charge in [0, 0.05) is 61.4 Å². The Morgan fingerprint density at radius 1 is 1.10 bits per heavy atom. The van der Waals surface area contributed by atoms with Gasteiger partial charge in [0.25, 0.3) is 5.56 Å². The van der Waals surface area contributed by atoms with Crippen LogP contribution >= 0.6 is 0 Å². The standard InChI is InChI=1S/C31H29F3N6O2/c1-3-40-28-21(17-36-30(38-28)37-22-9-6-19(7-10-22)27-18-35-12-14-42-27)15-24(29(40)41)23-11-8-20(16-25(23)31(32,33)34)26-5-4-13-39(26)2/h4-11,13,15-17,27,35H,3,12,14,18H2,1-2H3,(H,36,37,38). The first-order valence-corrected chi connectivity index (χ1v) is 13.7. The third-order valence-electron chi connectivity index (χ3n) is 7.46. The number of nitrogens with zero attached hydrogens (tertiary/aromatic N) is 4. The minimum atomic E-state index is -4.67. The minimum absolute atomic E-state index is 0.00916. The molecule has 0 radical (unpaired) electrons. The molecule has 0 amide bonds. The molecular formula is C31H29F3N6O2. The van der Waals surface area contributed by atoms with Gasteiger partial charge in [0.05, 0.1) is 18.3 Å². The van der Waals surface area contributed by atoms with E-state index in [9.17, 15) is 18.0 Å². The first-order chi connectivity index (χ1) is 20.2. The number of morpholine rings is 1. The van der Waals surface area contributed by atoms with Crippen molar-refractivity contribution in [1.29, 1.82) is 0 Å². The van der Waals surface area contributed by atoms with Gasteiger partial charge < -0.3 is 19.9 Å². The lowest BCUT2D eigenvalue weighted by molar-refractivity contribution is -0.137. The van der Waals surface area contributed by atoms with Crippen molar-refractivity contribution in [1.82, 2.24) is 24.4 Å². The van der Waals surface area contributed by atoms with Gasteiger partial charge in [-0.3, -0.25) is 9.36 Å². The summed E-state index contributed by atoms with van der Waals surface area (Å²) < 4.78 is 51.9. The number of aromatic nitrogens is 4. The molecule has 216 valence electrons. The molecule has 0 spiro atoms. The maximum Gasteiger partial charge on any atom is 0.417 e. The highest BCUT2D eigenvalue weighted by Crippen LogP contribution is 2.39. The molecule has 8 nitrogen and oxygen atoms in total. The number of pyridine rings is 1. The molecule has 2 N–H and O–H groups in total. The summed E-state index contributed by atoms with van der Waals surface area (Å²) in [5.41, 5.74) is 1.49. The zero-order valence-electron chi connectivity index (χ0n) is 23.1. The summed E-state index contributed by atoms with van der Waals surface area (Å²) in [6.45, 7) is 4.21. The van der Waals surface area contributed by atoms with Gasteiger partial charge in [-0.25, -0.2) is 4.98 Å². The summed E-state index contributed by atoms with van der Waals surface area (Å²) in [4.78, 5) is 22.6. The Labute approximate surface area is 239 Å². The Hall–Kier alpha value is -4.48. The Morgan fingerprint density at radius 2 is 1.90 bits per heavy atom. The van der Waals surface area contributed by atoms with E-state index in [2.05, 4.69) is 20.6 Å². The van der Waals surface area contributed by atoms with Crippen molar-refractivity contribution in [3.8, 4) is 22.4 Å². The molecule has 0 saturated carbocycles. The van der Waals surface area contributed by atoms with Crippen LogP contribution in [0, 0.1) is 0 Å². The van der Waals surface area contributed by atoms with E-state index < -0.39 is 17.3 Å². The summed E-state index contributed by atoms with van der Waals surface area (Å²) in [5.74, 6) is 0.267. The van der Waals surface area contributed by atoms with E-state index in [4.69, 9.17) is 4.74 Å². The van der Waals surface area contributed by atoms with Crippen LogP contribution in [-0.2, 0) is 24.5 Å². The third kappa shape index (κ3) is 5.28. The largest absolute Gasteiger partial charge is 0.417 e. The third-order valence-corrected chi connectivity index (χ3v) is 7.46. The van der Waals surface area contributed by atoms with Crippen LogP contribution in [-0.4, -0.2) is 38.8 Å². The van der Waals surface area contributed by atoms with Gasteiger partial charge >= 0.3 is 6.18 Å². The second-order valence-corrected chi connectivity index (χ2v) is 10.2. The number of benzene rings is 2. The van der Waals surface area contributed by atoms with Crippen LogP contribution in [0.4, 0.5) is 24.8 Å². The molecule has 0 bridgehead atoms. The van der Waals surface area contributed by atoms with Gasteiger partial charge in [-0.05, 0) is 60.0 Å². The Kier molecular flexibility index (Phi) is 7.29. The number of anilines is 2. The smallest absolute Gasteiger partial charge is 0.371 e. The lowest BCUT2D eigenvalue weighted by Gasteiger charge is -2.24. The number of alkyl halides is 3. The van der Waals surface area contributed by atoms with Gasteiger partial charge in [-0.2, -0.15) is 18.2 Å². The fourth-order valence-corrected chi connectivity index (χ4v) is 5.33. The zero-order valence-corrected chi connectivity index (χ0v) is 23.1. The van der Waals surface area contributed by atoms with Gasteiger partial charge in [-0.15, -0.1) is 0 Å². The van der Waals surface area contributed by atoms with Gasteiger partial charge in [0.1, 0.15) is 5.65 Å². The summed E-state index contributed by atoms with van der Waals surface area (Å²) in [7, 11) is 1.77. The van der Waals surface area contributed by atoms with Crippen molar-refractivity contribution in [3.63, 3.8) is 0 Å². The Bertz CT molecular complexity index is 1810. The fraction of sp³-hybridized carbons (Fsp3) is 0.258. The van der Waals surface area contributed by atoms with Crippen molar-refractivity contribution < 1.29 is 17.9 Å². The number of fused-ring (bicyclic) bond motifs is 1. The molecule has 1 atom stereocenters. The molecule has 1 saturated heterocycles. The SMILES string of the molecule is CCn1c(=O)c(-c2ccc(-c3cccn3C)cc2C(F)(F)F)cc2cnc(Nc3ccc(C4CNCCO4)cc3)nc21. The topological polar surface area (TPSA) is 86.0 Å². The lowest BCUT2D eigenvalue weighted by Crippen LogP contribution is -2.33. The lowest BCUT2D eigenvalue weighted by atomic mass is 9.96. The summed E-state index contributed by atoms with van der Waals surface area (Å²) in [6, 6.07) is 16.7. The number of ether oxygens (including phenoxy) is 1. The number of aryl methyl sites for hydroxylation is 2. The van der Waals surface area contributed by atoms with Crippen LogP contribution in [0.15, 0.2) is 77.9 Å². The van der Waals surface area contributed by atoms with Crippen LogP contribution in [0.5, 0.6) is 0 Å². The van der Waals surface area contributed by atoms with Crippen LogP contribution in [0.2, 0.25) is 0 Å². The second kappa shape index (κ2) is 11.1. The average Bonchev–Trinajstić information content (AvgIpc) is 3.43. The molecule has 1 fully saturated rings. The molecule has 6 rings (SSSR count). The van der Waals surface area contributed by atoms with Gasteiger partial charge in [-0.1, -0.05) is 24.3 Å². The predicted molar refractivity (Wildman–Crippen MR) is 156 cm³/mol. The highest BCUT2D eigenvalue weighted by atomic mass is 19.4. The van der Waals surface area contributed by atoms with Gasteiger partial charge in [0.15, 0.2) is 0 Å². The van der Waals surface area contributed by atoms with Crippen LogP contribution in [0.25, 0.3) is 33.4 Å². The van der Waals surface area contributed by atoms with Crippen molar-refractivity contribution >= 4 is 22.7 Å². The van der Waals surface area contributed by atoms with E-state index >= 15 is 0 Å². The minimum Gasteiger partial charge on any atom is -0.371 e. The van der Waals surface area contributed by atoms with Crippen LogP contribution in [0.1, 0.15) is 24.2 Å². The molecular weight excluding hydrogens is 545 g/mol. The van der Waals surface area contributed by atoms with Gasteiger partial charge in [0.2, 0.25) is 5.95 Å². The fourth-order valence-electron chi connectivity index (χ4n) is 5.33. The highest BCUT2D eigenvalue weighted by Gasteiger charge is 2.35. The van der Waals surface area contributed by atoms with E-state index in [1.807, 2.05) is 24.3 Å². The van der Waals surface area contributed by atoms with E-state index in [1.165, 1.54) is 22.9 Å². The molecule has 3 aromatic heterocycles. The molecule has 1 aliphatic heterocycles. The Balaban J connectivity index is 1.36. The highest BCUT2D eigenvalue weighted by molar-refractivity contribution is 5.83. The maximum atomic E-state index is 14.3. The molecule has 1 unspecified atom stereocenters. The number of hydrogen-bond acceptors (Lipinski definition) is 6. The van der Waals surface area contributed by atoms with Crippen LogP contribution < -0.4 is 16.2 Å². The van der Waals surface area contributed by atoms with Crippen LogP contribution in [0.3, 0.4) is 0 Å². The van der Waals surface area contributed by atoms with Crippen molar-refractivity contribution in [2.24, 2.45) is 7.05 Å². The number of nitrogens with one attached hydrogen (secondary N) is 2. The zero-order chi connectivity index (χ0) is 29.4. The second-order valence-electron chi connectivity index (χ2n) is 10.2. The molecule has 0 aliphatic carbocycles. The van der Waals surface area contributed by atoms with Crippen molar-refractivity contribution in [3.05, 3.63) is 94.5 Å². The maximum absolute atomic E-state index is 14.3. The van der Waals surface area contributed by atoms with Crippen molar-refractivity contribution in [2.45, 2.75) is 25.7 Å². The molecule has 4 heterocycles. The monoisotopic (exact) mass is 574 g/mol. The Morgan fingerprint density at radius 3 is 2.57 bits per heavy atom. The summed E-state index contributed by atoms with van der Waals surface area (Å²) in [6.07, 6.45) is -1.40. The number of rotatable bonds is 6. The summed E-state index contributed by atoms with van der Waals surface area (Å²) in [5, 5.41) is 6.91. The first-order valence-electron chi connectivity index (χ1n) is 13.7. The van der Waals surface area contributed by atoms with E-state index in [-0.39, 0.29) is 29.7 Å². The predicted octanol–water partition coefficient (Wildman–Crippen LogP) is 5.91. The van der Waals surface area contributed by atoms with E-state index in [1.54, 1.807) is 42.9 Å². The normalized spacial score (nSPS) is 15.7. The molecule has 1 aliphatic rings. The molecule has 11 heteroatoms. The molecule has 5 aromatic rings. The number of hydrogen-bond donors (Lipinski definition) is 2. The quantitative estimate of drug-likeness (QED) is 0.262. The average molecular weight is 575 g/mol. The van der Waals surface area contributed by atoms with E-state index in [0.29, 0.717) is 28.9 Å². The summed E-state index contributed by atoms with van der Waals surface area (Å²) >= 11 is 0. The number of halogens is 3. The van der Waals surface area contributed by atoms with E-state index in [0.717, 1.165) is 30.4 Å².